The Morgan fingerprint density at radius 1 is 1.36 bits per heavy atom. The van der Waals surface area contributed by atoms with E-state index in [-0.39, 0.29) is 25.0 Å². The lowest BCUT2D eigenvalue weighted by atomic mass is 10.0. The van der Waals surface area contributed by atoms with Crippen molar-refractivity contribution in [3.8, 4) is 0 Å². The van der Waals surface area contributed by atoms with Crippen molar-refractivity contribution in [1.82, 2.24) is 10.6 Å². The van der Waals surface area contributed by atoms with Crippen molar-refractivity contribution in [3.05, 3.63) is 29.8 Å². The van der Waals surface area contributed by atoms with Crippen LogP contribution in [0.15, 0.2) is 24.3 Å². The Hall–Kier alpha value is -1.30. The fourth-order valence-electron chi connectivity index (χ4n) is 2.44. The van der Waals surface area contributed by atoms with Crippen LogP contribution in [0.3, 0.4) is 0 Å². The molecule has 1 saturated heterocycles. The molecule has 1 unspecified atom stereocenters. The monoisotopic (exact) mass is 327 g/mol. The van der Waals surface area contributed by atoms with Gasteiger partial charge < -0.3 is 21.1 Å². The molecular weight excluding hydrogens is 302 g/mol. The highest BCUT2D eigenvalue weighted by Gasteiger charge is 2.31. The number of aliphatic hydroxyl groups is 1. The van der Waals surface area contributed by atoms with Crippen LogP contribution in [-0.4, -0.2) is 36.4 Å². The Morgan fingerprint density at radius 3 is 2.68 bits per heavy atom. The molecular formula is C16H26ClN3O2. The zero-order chi connectivity index (χ0) is 15.1. The molecule has 1 aromatic carbocycles. The number of benzene rings is 1. The summed E-state index contributed by atoms with van der Waals surface area (Å²) in [4.78, 5) is 11.8. The Bertz CT molecular complexity index is 459. The quantitative estimate of drug-likeness (QED) is 0.648. The normalized spacial score (nSPS) is 20.3. The van der Waals surface area contributed by atoms with Crippen LogP contribution in [0.5, 0.6) is 0 Å². The van der Waals surface area contributed by atoms with Crippen LogP contribution >= 0.6 is 12.4 Å². The van der Waals surface area contributed by atoms with E-state index in [0.29, 0.717) is 13.0 Å². The summed E-state index contributed by atoms with van der Waals surface area (Å²) in [5.41, 5.74) is 1.24. The predicted octanol–water partition coefficient (Wildman–Crippen LogP) is 2.30. The molecule has 0 bridgehead atoms. The minimum atomic E-state index is -0.818. The lowest BCUT2D eigenvalue weighted by molar-refractivity contribution is 0.0640. The molecule has 2 rings (SSSR count). The maximum Gasteiger partial charge on any atom is 0.319 e. The van der Waals surface area contributed by atoms with E-state index in [1.165, 1.54) is 18.4 Å². The van der Waals surface area contributed by atoms with Gasteiger partial charge in [-0.2, -0.15) is 0 Å². The zero-order valence-corrected chi connectivity index (χ0v) is 13.8. The van der Waals surface area contributed by atoms with Gasteiger partial charge in [-0.25, -0.2) is 4.79 Å². The summed E-state index contributed by atoms with van der Waals surface area (Å²) in [6.07, 6.45) is 4.10. The number of aryl methyl sites for hydroxylation is 1. The molecule has 0 aliphatic carbocycles. The highest BCUT2D eigenvalue weighted by atomic mass is 35.5. The standard InChI is InChI=1S/C16H25N3O2.ClH/c1-2-3-4-13-5-7-14(8-6-13)19-15(20)18-12-16(21)9-10-17-11-16;/h5-8,17,21H,2-4,9-12H2,1H3,(H2,18,19,20);1H. The summed E-state index contributed by atoms with van der Waals surface area (Å²) in [6.45, 7) is 3.76. The van der Waals surface area contributed by atoms with Crippen molar-refractivity contribution in [2.75, 3.05) is 25.0 Å². The van der Waals surface area contributed by atoms with Crippen molar-refractivity contribution >= 4 is 24.1 Å². The topological polar surface area (TPSA) is 73.4 Å². The fraction of sp³-hybridized carbons (Fsp3) is 0.562. The molecule has 0 radical (unpaired) electrons. The molecule has 0 spiro atoms. The van der Waals surface area contributed by atoms with Crippen LogP contribution in [0, 0.1) is 0 Å². The van der Waals surface area contributed by atoms with E-state index < -0.39 is 5.60 Å². The Kier molecular flexibility index (Phi) is 7.65. The first-order valence-electron chi connectivity index (χ1n) is 7.68. The van der Waals surface area contributed by atoms with Gasteiger partial charge in [-0.1, -0.05) is 25.5 Å². The lowest BCUT2D eigenvalue weighted by Gasteiger charge is -2.21. The number of nitrogens with one attached hydrogen (secondary N) is 3. The Labute approximate surface area is 138 Å². The van der Waals surface area contributed by atoms with Gasteiger partial charge in [0.2, 0.25) is 0 Å². The van der Waals surface area contributed by atoms with E-state index in [1.807, 2.05) is 24.3 Å². The molecule has 0 saturated carbocycles. The van der Waals surface area contributed by atoms with Gasteiger partial charge in [0.1, 0.15) is 0 Å². The third kappa shape index (κ3) is 5.83. The Balaban J connectivity index is 0.00000242. The number of hydrogen-bond donors (Lipinski definition) is 4. The van der Waals surface area contributed by atoms with Crippen molar-refractivity contribution < 1.29 is 9.90 Å². The van der Waals surface area contributed by atoms with Crippen molar-refractivity contribution in [2.45, 2.75) is 38.2 Å². The minimum Gasteiger partial charge on any atom is -0.387 e. The van der Waals surface area contributed by atoms with Crippen LogP contribution < -0.4 is 16.0 Å². The number of β-amino-alcohol motifs (C(OH)–C–C–N with tert-alkyl or cyclic N) is 1. The van der Waals surface area contributed by atoms with Gasteiger partial charge in [-0.05, 0) is 43.5 Å². The molecule has 1 atom stereocenters. The number of unbranched alkanes of at least 4 members (excludes halogenated alkanes) is 1. The van der Waals surface area contributed by atoms with Gasteiger partial charge in [0.05, 0.1) is 5.60 Å². The smallest absolute Gasteiger partial charge is 0.319 e. The number of amides is 2. The second-order valence-electron chi connectivity index (χ2n) is 5.76. The second-order valence-corrected chi connectivity index (χ2v) is 5.76. The maximum atomic E-state index is 11.8. The number of carbonyl (C=O) groups excluding carboxylic acids is 1. The van der Waals surface area contributed by atoms with Crippen molar-refractivity contribution in [2.24, 2.45) is 0 Å². The van der Waals surface area contributed by atoms with E-state index in [1.54, 1.807) is 0 Å². The summed E-state index contributed by atoms with van der Waals surface area (Å²) < 4.78 is 0. The highest BCUT2D eigenvalue weighted by Crippen LogP contribution is 2.13. The van der Waals surface area contributed by atoms with Gasteiger partial charge >= 0.3 is 6.03 Å². The van der Waals surface area contributed by atoms with Gasteiger partial charge in [-0.15, -0.1) is 12.4 Å². The van der Waals surface area contributed by atoms with Gasteiger partial charge in [0, 0.05) is 18.8 Å². The average molecular weight is 328 g/mol. The molecule has 1 aliphatic rings. The Morgan fingerprint density at radius 2 is 2.09 bits per heavy atom. The first kappa shape index (κ1) is 18.7. The average Bonchev–Trinajstić information content (AvgIpc) is 2.92. The highest BCUT2D eigenvalue weighted by molar-refractivity contribution is 5.89. The third-order valence-electron chi connectivity index (χ3n) is 3.83. The number of anilines is 1. The van der Waals surface area contributed by atoms with Crippen LogP contribution in [0.2, 0.25) is 0 Å². The molecule has 1 heterocycles. The molecule has 22 heavy (non-hydrogen) atoms. The molecule has 4 N–H and O–H groups in total. The first-order valence-corrected chi connectivity index (χ1v) is 7.68. The van der Waals surface area contributed by atoms with E-state index in [0.717, 1.165) is 18.7 Å². The van der Waals surface area contributed by atoms with Crippen molar-refractivity contribution in [1.29, 1.82) is 0 Å². The molecule has 0 aromatic heterocycles. The predicted molar refractivity (Wildman–Crippen MR) is 91.8 cm³/mol. The van der Waals surface area contributed by atoms with Crippen LogP contribution in [0.1, 0.15) is 31.7 Å². The number of urea groups is 1. The van der Waals surface area contributed by atoms with E-state index in [4.69, 9.17) is 0 Å². The van der Waals surface area contributed by atoms with E-state index >= 15 is 0 Å². The largest absolute Gasteiger partial charge is 0.387 e. The molecule has 2 amide bonds. The van der Waals surface area contributed by atoms with E-state index in [2.05, 4.69) is 22.9 Å². The van der Waals surface area contributed by atoms with Gasteiger partial charge in [-0.3, -0.25) is 0 Å². The summed E-state index contributed by atoms with van der Waals surface area (Å²) >= 11 is 0. The SMILES string of the molecule is CCCCc1ccc(NC(=O)NCC2(O)CCNC2)cc1.Cl. The van der Waals surface area contributed by atoms with Crippen LogP contribution in [0.25, 0.3) is 0 Å². The first-order chi connectivity index (χ1) is 10.1. The second kappa shape index (κ2) is 8.98. The van der Waals surface area contributed by atoms with E-state index in [9.17, 15) is 9.90 Å². The molecule has 5 nitrogen and oxygen atoms in total. The maximum absolute atomic E-state index is 11.8. The molecule has 124 valence electrons. The van der Waals surface area contributed by atoms with Crippen molar-refractivity contribution in [3.63, 3.8) is 0 Å². The summed E-state index contributed by atoms with van der Waals surface area (Å²) in [5.74, 6) is 0. The molecule has 1 fully saturated rings. The molecule has 1 aromatic rings. The fourth-order valence-corrected chi connectivity index (χ4v) is 2.44. The summed E-state index contributed by atoms with van der Waals surface area (Å²) in [5, 5.41) is 18.7. The molecule has 1 aliphatic heterocycles. The minimum absolute atomic E-state index is 0. The number of rotatable bonds is 6. The van der Waals surface area contributed by atoms with Gasteiger partial charge in [0.25, 0.3) is 0 Å². The summed E-state index contributed by atoms with van der Waals surface area (Å²) in [7, 11) is 0. The number of halogens is 1. The lowest BCUT2D eigenvalue weighted by Crippen LogP contribution is -2.45. The van der Waals surface area contributed by atoms with Crippen LogP contribution in [-0.2, 0) is 6.42 Å². The third-order valence-corrected chi connectivity index (χ3v) is 3.83. The zero-order valence-electron chi connectivity index (χ0n) is 13.0. The molecule has 6 heteroatoms. The number of hydrogen-bond acceptors (Lipinski definition) is 3. The van der Waals surface area contributed by atoms with Crippen LogP contribution in [0.4, 0.5) is 10.5 Å². The number of carbonyl (C=O) groups is 1. The van der Waals surface area contributed by atoms with Gasteiger partial charge in [0.15, 0.2) is 0 Å². The summed E-state index contributed by atoms with van der Waals surface area (Å²) in [6, 6.07) is 7.63.